The second-order valence-corrected chi connectivity index (χ2v) is 5.11. The summed E-state index contributed by atoms with van der Waals surface area (Å²) < 4.78 is 0. The van der Waals surface area contributed by atoms with Gasteiger partial charge in [0.05, 0.1) is 11.5 Å². The third kappa shape index (κ3) is 3.76. The van der Waals surface area contributed by atoms with Crippen LogP contribution in [0.3, 0.4) is 0 Å². The zero-order chi connectivity index (χ0) is 15.2. The highest BCUT2D eigenvalue weighted by molar-refractivity contribution is 7.09. The molecule has 2 N–H and O–H groups in total. The van der Waals surface area contributed by atoms with Gasteiger partial charge in [-0.25, -0.2) is 4.98 Å². The molecule has 0 unspecified atom stereocenters. The standard InChI is InChI=1S/C13H14N4O3S/c1-2-14-10-4-3-9(7-11(10)17(19)20)13(18)16-8-12-15-5-6-21-12/h3-7,14H,2,8H2,1H3,(H,16,18). The molecule has 7 nitrogen and oxygen atoms in total. The predicted molar refractivity (Wildman–Crippen MR) is 80.5 cm³/mol. The highest BCUT2D eigenvalue weighted by atomic mass is 32.1. The van der Waals surface area contributed by atoms with E-state index in [1.54, 1.807) is 18.3 Å². The van der Waals surface area contributed by atoms with Crippen LogP contribution in [0.5, 0.6) is 0 Å². The molecule has 0 saturated heterocycles. The zero-order valence-corrected chi connectivity index (χ0v) is 12.1. The number of carbonyl (C=O) groups is 1. The van der Waals surface area contributed by atoms with E-state index in [4.69, 9.17) is 0 Å². The summed E-state index contributed by atoms with van der Waals surface area (Å²) in [5.74, 6) is -0.364. The van der Waals surface area contributed by atoms with Crippen molar-refractivity contribution in [1.82, 2.24) is 10.3 Å². The monoisotopic (exact) mass is 306 g/mol. The normalized spacial score (nSPS) is 10.1. The zero-order valence-electron chi connectivity index (χ0n) is 11.3. The van der Waals surface area contributed by atoms with E-state index < -0.39 is 4.92 Å². The fourth-order valence-corrected chi connectivity index (χ4v) is 2.32. The quantitative estimate of drug-likeness (QED) is 0.631. The summed E-state index contributed by atoms with van der Waals surface area (Å²) in [5.41, 5.74) is 0.539. The first kappa shape index (κ1) is 14.9. The molecule has 0 bridgehead atoms. The largest absolute Gasteiger partial charge is 0.380 e. The smallest absolute Gasteiger partial charge is 0.293 e. The van der Waals surface area contributed by atoms with Gasteiger partial charge in [-0.1, -0.05) is 0 Å². The molecule has 21 heavy (non-hydrogen) atoms. The lowest BCUT2D eigenvalue weighted by molar-refractivity contribution is -0.384. The highest BCUT2D eigenvalue weighted by Gasteiger charge is 2.17. The summed E-state index contributed by atoms with van der Waals surface area (Å²) in [6.07, 6.45) is 1.65. The maximum Gasteiger partial charge on any atom is 0.293 e. The third-order valence-electron chi connectivity index (χ3n) is 2.71. The summed E-state index contributed by atoms with van der Waals surface area (Å²) in [5, 5.41) is 19.2. The van der Waals surface area contributed by atoms with Crippen molar-refractivity contribution in [3.63, 3.8) is 0 Å². The number of anilines is 1. The third-order valence-corrected chi connectivity index (χ3v) is 3.49. The van der Waals surface area contributed by atoms with Crippen molar-refractivity contribution < 1.29 is 9.72 Å². The Bertz CT molecular complexity index is 643. The first-order valence-corrected chi connectivity index (χ1v) is 7.18. The van der Waals surface area contributed by atoms with E-state index in [0.717, 1.165) is 5.01 Å². The van der Waals surface area contributed by atoms with Crippen LogP contribution < -0.4 is 10.6 Å². The first-order valence-electron chi connectivity index (χ1n) is 6.30. The number of nitro groups is 1. The summed E-state index contributed by atoms with van der Waals surface area (Å²) in [7, 11) is 0. The van der Waals surface area contributed by atoms with Gasteiger partial charge in [0.15, 0.2) is 0 Å². The second-order valence-electron chi connectivity index (χ2n) is 4.13. The molecule has 0 saturated carbocycles. The Kier molecular flexibility index (Phi) is 4.83. The van der Waals surface area contributed by atoms with Crippen molar-refractivity contribution in [1.29, 1.82) is 0 Å². The fourth-order valence-electron chi connectivity index (χ4n) is 1.76. The van der Waals surface area contributed by atoms with Gasteiger partial charge in [-0.2, -0.15) is 0 Å². The summed E-state index contributed by atoms with van der Waals surface area (Å²) in [6.45, 7) is 2.72. The topological polar surface area (TPSA) is 97.2 Å². The Morgan fingerprint density at radius 3 is 2.90 bits per heavy atom. The van der Waals surface area contributed by atoms with Crippen LogP contribution in [-0.4, -0.2) is 22.4 Å². The van der Waals surface area contributed by atoms with Crippen LogP contribution in [-0.2, 0) is 6.54 Å². The van der Waals surface area contributed by atoms with Crippen LogP contribution >= 0.6 is 11.3 Å². The minimum Gasteiger partial charge on any atom is -0.380 e. The van der Waals surface area contributed by atoms with Gasteiger partial charge in [0.1, 0.15) is 10.7 Å². The Hall–Kier alpha value is -2.48. The number of benzene rings is 1. The molecule has 0 atom stereocenters. The van der Waals surface area contributed by atoms with Gasteiger partial charge in [-0.3, -0.25) is 14.9 Å². The minimum atomic E-state index is -0.504. The Morgan fingerprint density at radius 2 is 2.29 bits per heavy atom. The Balaban J connectivity index is 2.13. The van der Waals surface area contributed by atoms with Crippen molar-refractivity contribution in [3.8, 4) is 0 Å². The number of hydrogen-bond acceptors (Lipinski definition) is 6. The number of carbonyl (C=O) groups excluding carboxylic acids is 1. The van der Waals surface area contributed by atoms with E-state index in [9.17, 15) is 14.9 Å². The predicted octanol–water partition coefficient (Wildman–Crippen LogP) is 2.41. The molecule has 1 aromatic carbocycles. The van der Waals surface area contributed by atoms with Crippen LogP contribution in [0, 0.1) is 10.1 Å². The van der Waals surface area contributed by atoms with Crippen LogP contribution in [0.1, 0.15) is 22.3 Å². The van der Waals surface area contributed by atoms with E-state index in [-0.39, 0.29) is 17.2 Å². The fraction of sp³-hybridized carbons (Fsp3) is 0.231. The molecule has 0 aliphatic heterocycles. The average molecular weight is 306 g/mol. The van der Waals surface area contributed by atoms with Crippen LogP contribution in [0.25, 0.3) is 0 Å². The summed E-state index contributed by atoms with van der Waals surface area (Å²) >= 11 is 1.43. The van der Waals surface area contributed by atoms with Gasteiger partial charge in [-0.15, -0.1) is 11.3 Å². The van der Waals surface area contributed by atoms with E-state index in [1.165, 1.54) is 17.4 Å². The summed E-state index contributed by atoms with van der Waals surface area (Å²) in [4.78, 5) is 26.6. The first-order chi connectivity index (χ1) is 10.1. The van der Waals surface area contributed by atoms with Crippen molar-refractivity contribution in [2.45, 2.75) is 13.5 Å². The number of amides is 1. The number of nitrogens with zero attached hydrogens (tertiary/aromatic N) is 2. The van der Waals surface area contributed by atoms with Gasteiger partial charge < -0.3 is 10.6 Å². The van der Waals surface area contributed by atoms with E-state index in [2.05, 4.69) is 15.6 Å². The number of aromatic nitrogens is 1. The van der Waals surface area contributed by atoms with Gasteiger partial charge in [-0.05, 0) is 19.1 Å². The Morgan fingerprint density at radius 1 is 1.48 bits per heavy atom. The lowest BCUT2D eigenvalue weighted by Gasteiger charge is -2.07. The molecular weight excluding hydrogens is 292 g/mol. The molecule has 0 radical (unpaired) electrons. The van der Waals surface area contributed by atoms with Crippen LogP contribution in [0.15, 0.2) is 29.8 Å². The number of rotatable bonds is 6. The molecule has 0 aliphatic rings. The number of thiazole rings is 1. The molecule has 8 heteroatoms. The Labute approximate surface area is 125 Å². The van der Waals surface area contributed by atoms with E-state index in [1.807, 2.05) is 12.3 Å². The van der Waals surface area contributed by atoms with Gasteiger partial charge in [0, 0.05) is 29.8 Å². The number of nitro benzene ring substituents is 1. The molecule has 1 aromatic heterocycles. The molecule has 0 fully saturated rings. The maximum atomic E-state index is 12.0. The molecule has 1 heterocycles. The lowest BCUT2D eigenvalue weighted by atomic mass is 10.1. The molecule has 2 rings (SSSR count). The van der Waals surface area contributed by atoms with E-state index in [0.29, 0.717) is 18.8 Å². The van der Waals surface area contributed by atoms with Crippen molar-refractivity contribution >= 4 is 28.6 Å². The van der Waals surface area contributed by atoms with Gasteiger partial charge >= 0.3 is 0 Å². The molecule has 0 spiro atoms. The second kappa shape index (κ2) is 6.80. The lowest BCUT2D eigenvalue weighted by Crippen LogP contribution is -2.22. The molecule has 1 amide bonds. The van der Waals surface area contributed by atoms with Crippen molar-refractivity contribution in [2.24, 2.45) is 0 Å². The van der Waals surface area contributed by atoms with Gasteiger partial charge in [0.25, 0.3) is 11.6 Å². The molecule has 0 aliphatic carbocycles. The number of nitrogens with one attached hydrogen (secondary N) is 2. The molecule has 110 valence electrons. The average Bonchev–Trinajstić information content (AvgIpc) is 2.98. The summed E-state index contributed by atoms with van der Waals surface area (Å²) in [6, 6.07) is 4.37. The molecule has 2 aromatic rings. The van der Waals surface area contributed by atoms with Crippen LogP contribution in [0.2, 0.25) is 0 Å². The van der Waals surface area contributed by atoms with Crippen molar-refractivity contribution in [3.05, 3.63) is 50.5 Å². The highest BCUT2D eigenvalue weighted by Crippen LogP contribution is 2.25. The number of hydrogen-bond donors (Lipinski definition) is 2. The minimum absolute atomic E-state index is 0.112. The van der Waals surface area contributed by atoms with Gasteiger partial charge in [0.2, 0.25) is 0 Å². The van der Waals surface area contributed by atoms with Crippen molar-refractivity contribution in [2.75, 3.05) is 11.9 Å². The molecular formula is C13H14N4O3S. The van der Waals surface area contributed by atoms with E-state index >= 15 is 0 Å². The maximum absolute atomic E-state index is 12.0. The van der Waals surface area contributed by atoms with Crippen LogP contribution in [0.4, 0.5) is 11.4 Å². The SMILES string of the molecule is CCNc1ccc(C(=O)NCc2nccs2)cc1[N+](=O)[O-].